The molecule has 0 saturated carbocycles. The van der Waals surface area contributed by atoms with Crippen molar-refractivity contribution in [2.24, 2.45) is 0 Å². The number of nitrogens with one attached hydrogen (secondary N) is 1. The Balaban J connectivity index is 0.00000484. The van der Waals surface area contributed by atoms with Crippen molar-refractivity contribution in [1.29, 1.82) is 0 Å². The van der Waals surface area contributed by atoms with Gasteiger partial charge >= 0.3 is 5.97 Å². The molecule has 0 aliphatic rings. The summed E-state index contributed by atoms with van der Waals surface area (Å²) in [6, 6.07) is 2.67. The normalized spacial score (nSPS) is 12.8. The Morgan fingerprint density at radius 3 is 2.70 bits per heavy atom. The van der Waals surface area contributed by atoms with Gasteiger partial charge in [0.25, 0.3) is 0 Å². The molecule has 2 atom stereocenters. The van der Waals surface area contributed by atoms with E-state index >= 15 is 0 Å². The van der Waals surface area contributed by atoms with Crippen LogP contribution in [-0.4, -0.2) is 40.5 Å². The smallest absolute Gasteiger partial charge is 0.320 e. The van der Waals surface area contributed by atoms with E-state index in [1.165, 1.54) is 0 Å². The molecule has 0 fully saturated rings. The zero-order valence-electron chi connectivity index (χ0n) is 13.5. The zero-order chi connectivity index (χ0) is 16.5. The number of halogens is 1. The molecular formula is C16H25ClN2O3S. The molecular weight excluding hydrogens is 336 g/mol. The number of carboxylic acids is 1. The lowest BCUT2D eigenvalue weighted by molar-refractivity contribution is -0.140. The summed E-state index contributed by atoms with van der Waals surface area (Å²) in [7, 11) is 0. The maximum absolute atomic E-state index is 12.5. The van der Waals surface area contributed by atoms with Crippen molar-refractivity contribution in [2.75, 3.05) is 6.54 Å². The number of rotatable bonds is 10. The van der Waals surface area contributed by atoms with E-state index in [1.807, 2.05) is 24.4 Å². The largest absolute Gasteiger partial charge is 0.480 e. The van der Waals surface area contributed by atoms with Crippen LogP contribution in [0.3, 0.4) is 0 Å². The maximum Gasteiger partial charge on any atom is 0.320 e. The SMILES string of the molecule is C=CCN(Cc1cccs1)C(=O)C(C)NC(CCC)C(=O)O.Cl. The van der Waals surface area contributed by atoms with Crippen LogP contribution in [0.2, 0.25) is 0 Å². The van der Waals surface area contributed by atoms with Gasteiger partial charge in [-0.25, -0.2) is 0 Å². The average Bonchev–Trinajstić information content (AvgIpc) is 2.98. The number of amides is 1. The number of thiophene rings is 1. The first-order valence-electron chi connectivity index (χ1n) is 7.40. The molecule has 1 amide bonds. The highest BCUT2D eigenvalue weighted by molar-refractivity contribution is 7.09. The summed E-state index contributed by atoms with van der Waals surface area (Å²) in [6.45, 7) is 8.27. The molecule has 1 aromatic rings. The van der Waals surface area contributed by atoms with Crippen LogP contribution < -0.4 is 5.32 Å². The molecule has 1 rings (SSSR count). The standard InChI is InChI=1S/C16H24N2O3S.ClH/c1-4-7-14(16(20)21)17-12(3)15(19)18(9-5-2)11-13-8-6-10-22-13;/h5-6,8,10,12,14,17H,2,4,7,9,11H2,1,3H3,(H,20,21);1H. The lowest BCUT2D eigenvalue weighted by atomic mass is 10.1. The summed E-state index contributed by atoms with van der Waals surface area (Å²) >= 11 is 1.59. The summed E-state index contributed by atoms with van der Waals surface area (Å²) in [4.78, 5) is 26.5. The molecule has 1 aromatic heterocycles. The number of carbonyl (C=O) groups excluding carboxylic acids is 1. The monoisotopic (exact) mass is 360 g/mol. The third-order valence-corrected chi connectivity index (χ3v) is 4.15. The Morgan fingerprint density at radius 2 is 2.22 bits per heavy atom. The Kier molecular flexibility index (Phi) is 10.5. The summed E-state index contributed by atoms with van der Waals surface area (Å²) in [5.41, 5.74) is 0. The predicted molar refractivity (Wildman–Crippen MR) is 96.1 cm³/mol. The van der Waals surface area contributed by atoms with Gasteiger partial charge in [0, 0.05) is 11.4 Å². The van der Waals surface area contributed by atoms with Gasteiger partial charge in [0.2, 0.25) is 5.91 Å². The molecule has 0 saturated heterocycles. The Hall–Kier alpha value is -1.37. The minimum atomic E-state index is -0.921. The molecule has 0 radical (unpaired) electrons. The van der Waals surface area contributed by atoms with Gasteiger partial charge in [0.15, 0.2) is 0 Å². The van der Waals surface area contributed by atoms with E-state index in [1.54, 1.807) is 29.2 Å². The van der Waals surface area contributed by atoms with Gasteiger partial charge in [0.1, 0.15) is 6.04 Å². The second-order valence-electron chi connectivity index (χ2n) is 5.15. The van der Waals surface area contributed by atoms with Gasteiger partial charge in [-0.15, -0.1) is 30.3 Å². The number of carboxylic acid groups (broad SMARTS) is 1. The molecule has 0 aromatic carbocycles. The quantitative estimate of drug-likeness (QED) is 0.629. The molecule has 7 heteroatoms. The van der Waals surface area contributed by atoms with E-state index in [9.17, 15) is 14.7 Å². The van der Waals surface area contributed by atoms with Crippen molar-refractivity contribution in [3.63, 3.8) is 0 Å². The summed E-state index contributed by atoms with van der Waals surface area (Å²) in [6.07, 6.45) is 2.93. The highest BCUT2D eigenvalue weighted by Crippen LogP contribution is 2.13. The molecule has 23 heavy (non-hydrogen) atoms. The van der Waals surface area contributed by atoms with Crippen LogP contribution in [0.25, 0.3) is 0 Å². The fraction of sp³-hybridized carbons (Fsp3) is 0.500. The molecule has 2 N–H and O–H groups in total. The minimum Gasteiger partial charge on any atom is -0.480 e. The lowest BCUT2D eigenvalue weighted by Crippen LogP contribution is -2.50. The van der Waals surface area contributed by atoms with Gasteiger partial charge in [-0.3, -0.25) is 14.9 Å². The van der Waals surface area contributed by atoms with Crippen molar-refractivity contribution < 1.29 is 14.7 Å². The van der Waals surface area contributed by atoms with Gasteiger partial charge in [-0.2, -0.15) is 0 Å². The van der Waals surface area contributed by atoms with E-state index < -0.39 is 18.1 Å². The lowest BCUT2D eigenvalue weighted by Gasteiger charge is -2.26. The first-order chi connectivity index (χ1) is 10.5. The molecule has 1 heterocycles. The topological polar surface area (TPSA) is 69.6 Å². The third kappa shape index (κ3) is 7.16. The Bertz CT molecular complexity index is 494. The van der Waals surface area contributed by atoms with Crippen molar-refractivity contribution in [3.8, 4) is 0 Å². The van der Waals surface area contributed by atoms with Crippen LogP contribution in [0.15, 0.2) is 30.2 Å². The summed E-state index contributed by atoms with van der Waals surface area (Å²) in [5, 5.41) is 14.1. The minimum absolute atomic E-state index is 0. The van der Waals surface area contributed by atoms with Crippen LogP contribution in [0.4, 0.5) is 0 Å². The average molecular weight is 361 g/mol. The highest BCUT2D eigenvalue weighted by Gasteiger charge is 2.25. The van der Waals surface area contributed by atoms with E-state index in [2.05, 4.69) is 11.9 Å². The highest BCUT2D eigenvalue weighted by atomic mass is 35.5. The Labute approximate surface area is 147 Å². The third-order valence-electron chi connectivity index (χ3n) is 3.29. The van der Waals surface area contributed by atoms with Crippen LogP contribution >= 0.6 is 23.7 Å². The van der Waals surface area contributed by atoms with Crippen LogP contribution in [0.5, 0.6) is 0 Å². The van der Waals surface area contributed by atoms with Gasteiger partial charge in [0.05, 0.1) is 12.6 Å². The van der Waals surface area contributed by atoms with Crippen LogP contribution in [-0.2, 0) is 16.1 Å². The molecule has 0 spiro atoms. The van der Waals surface area contributed by atoms with Crippen LogP contribution in [0, 0.1) is 0 Å². The molecule has 0 bridgehead atoms. The summed E-state index contributed by atoms with van der Waals surface area (Å²) in [5.74, 6) is -1.04. The number of aliphatic carboxylic acids is 1. The fourth-order valence-electron chi connectivity index (χ4n) is 2.19. The van der Waals surface area contributed by atoms with E-state index in [-0.39, 0.29) is 18.3 Å². The van der Waals surface area contributed by atoms with Gasteiger partial charge in [-0.05, 0) is 24.8 Å². The molecule has 5 nitrogen and oxygen atoms in total. The van der Waals surface area contributed by atoms with Crippen LogP contribution in [0.1, 0.15) is 31.6 Å². The van der Waals surface area contributed by atoms with Gasteiger partial charge in [-0.1, -0.05) is 25.5 Å². The number of hydrogen-bond donors (Lipinski definition) is 2. The summed E-state index contributed by atoms with van der Waals surface area (Å²) < 4.78 is 0. The number of carbonyl (C=O) groups is 2. The Morgan fingerprint density at radius 1 is 1.52 bits per heavy atom. The first kappa shape index (κ1) is 21.6. The van der Waals surface area contributed by atoms with E-state index in [4.69, 9.17) is 0 Å². The van der Waals surface area contributed by atoms with Crippen molar-refractivity contribution in [3.05, 3.63) is 35.0 Å². The van der Waals surface area contributed by atoms with Crippen molar-refractivity contribution in [1.82, 2.24) is 10.2 Å². The second kappa shape index (κ2) is 11.2. The predicted octanol–water partition coefficient (Wildman–Crippen LogP) is 2.92. The second-order valence-corrected chi connectivity index (χ2v) is 6.19. The maximum atomic E-state index is 12.5. The zero-order valence-corrected chi connectivity index (χ0v) is 15.2. The molecule has 130 valence electrons. The fourth-order valence-corrected chi connectivity index (χ4v) is 2.91. The number of hydrogen-bond acceptors (Lipinski definition) is 4. The molecule has 2 unspecified atom stereocenters. The number of nitrogens with zero attached hydrogens (tertiary/aromatic N) is 1. The first-order valence-corrected chi connectivity index (χ1v) is 8.28. The van der Waals surface area contributed by atoms with E-state index in [0.29, 0.717) is 19.5 Å². The molecule has 0 aliphatic carbocycles. The van der Waals surface area contributed by atoms with Crippen molar-refractivity contribution in [2.45, 2.75) is 45.3 Å². The van der Waals surface area contributed by atoms with Crippen molar-refractivity contribution >= 4 is 35.6 Å². The molecule has 0 aliphatic heterocycles. The van der Waals surface area contributed by atoms with Gasteiger partial charge < -0.3 is 10.0 Å². The van der Waals surface area contributed by atoms with E-state index in [0.717, 1.165) is 11.3 Å².